The van der Waals surface area contributed by atoms with E-state index >= 15 is 0 Å². The minimum Gasteiger partial charge on any atom is -0.463 e. The number of carbonyl (C=O) groups excluding carboxylic acids is 1. The van der Waals surface area contributed by atoms with Crippen LogP contribution in [0.5, 0.6) is 0 Å². The summed E-state index contributed by atoms with van der Waals surface area (Å²) in [5, 5.41) is 0.232. The van der Waals surface area contributed by atoms with E-state index in [1.54, 1.807) is 20.8 Å². The Bertz CT molecular complexity index is 306. The summed E-state index contributed by atoms with van der Waals surface area (Å²) >= 11 is 3.14. The maximum atomic E-state index is 12.1. The lowest BCUT2D eigenvalue weighted by Crippen LogP contribution is -2.09. The fraction of sp³-hybridized carbons (Fsp3) is 0.700. The lowest BCUT2D eigenvalue weighted by molar-refractivity contribution is -0.138. The largest absolute Gasteiger partial charge is 0.463 e. The SMILES string of the molecule is CCOC(=O)C(=CP(=O)(OCC)OCC)CBr. The van der Waals surface area contributed by atoms with Crippen molar-refractivity contribution in [3.05, 3.63) is 11.4 Å². The minimum atomic E-state index is -3.36. The van der Waals surface area contributed by atoms with Gasteiger partial charge in [-0.2, -0.15) is 0 Å². The molecule has 0 spiro atoms. The van der Waals surface area contributed by atoms with Crippen molar-refractivity contribution < 1.29 is 23.1 Å². The molecule has 0 N–H and O–H groups in total. The highest BCUT2D eigenvalue weighted by atomic mass is 79.9. The molecule has 0 atom stereocenters. The van der Waals surface area contributed by atoms with E-state index in [1.165, 1.54) is 5.82 Å². The molecule has 0 aliphatic carbocycles. The topological polar surface area (TPSA) is 61.8 Å². The third-order valence-corrected chi connectivity index (χ3v) is 4.08. The highest BCUT2D eigenvalue weighted by Gasteiger charge is 2.23. The smallest absolute Gasteiger partial charge is 0.354 e. The van der Waals surface area contributed by atoms with Gasteiger partial charge >= 0.3 is 13.6 Å². The van der Waals surface area contributed by atoms with Crippen molar-refractivity contribution in [1.29, 1.82) is 0 Å². The van der Waals surface area contributed by atoms with Crippen LogP contribution in [0.4, 0.5) is 0 Å². The number of halogens is 1. The summed E-state index contributed by atoms with van der Waals surface area (Å²) in [6, 6.07) is 0. The molecule has 0 aromatic carbocycles. The number of hydrogen-bond acceptors (Lipinski definition) is 5. The molecule has 17 heavy (non-hydrogen) atoms. The van der Waals surface area contributed by atoms with Gasteiger partial charge in [0.15, 0.2) is 0 Å². The Morgan fingerprint density at radius 1 is 1.18 bits per heavy atom. The van der Waals surface area contributed by atoms with E-state index in [2.05, 4.69) is 15.9 Å². The van der Waals surface area contributed by atoms with Crippen molar-refractivity contribution in [2.24, 2.45) is 0 Å². The van der Waals surface area contributed by atoms with Crippen molar-refractivity contribution in [2.75, 3.05) is 25.2 Å². The van der Waals surface area contributed by atoms with E-state index in [9.17, 15) is 9.36 Å². The van der Waals surface area contributed by atoms with E-state index in [0.717, 1.165) is 0 Å². The maximum absolute atomic E-state index is 12.1. The summed E-state index contributed by atoms with van der Waals surface area (Å²) in [5.74, 6) is 0.691. The fourth-order valence-corrected chi connectivity index (χ4v) is 3.19. The Kier molecular flexibility index (Phi) is 8.78. The summed E-state index contributed by atoms with van der Waals surface area (Å²) in [5.41, 5.74) is 0.233. The lowest BCUT2D eigenvalue weighted by Gasteiger charge is -2.14. The van der Waals surface area contributed by atoms with Crippen LogP contribution >= 0.6 is 23.5 Å². The van der Waals surface area contributed by atoms with Gasteiger partial charge < -0.3 is 13.8 Å². The van der Waals surface area contributed by atoms with Gasteiger partial charge in [-0.15, -0.1) is 0 Å². The zero-order valence-electron chi connectivity index (χ0n) is 10.3. The number of alkyl halides is 1. The van der Waals surface area contributed by atoms with Gasteiger partial charge in [-0.25, -0.2) is 4.79 Å². The van der Waals surface area contributed by atoms with Crippen LogP contribution in [-0.4, -0.2) is 31.1 Å². The molecule has 0 amide bonds. The van der Waals surface area contributed by atoms with Crippen LogP contribution in [0.15, 0.2) is 11.4 Å². The summed E-state index contributed by atoms with van der Waals surface area (Å²) in [6.45, 7) is 5.86. The fourth-order valence-electron chi connectivity index (χ4n) is 1.03. The molecule has 100 valence electrons. The first kappa shape index (κ1) is 16.8. The predicted octanol–water partition coefficient (Wildman–Crippen LogP) is 3.09. The summed E-state index contributed by atoms with van der Waals surface area (Å²) in [4.78, 5) is 11.5. The molecule has 0 aliphatic heterocycles. The predicted molar refractivity (Wildman–Crippen MR) is 69.4 cm³/mol. The van der Waals surface area contributed by atoms with E-state index < -0.39 is 13.6 Å². The third-order valence-electron chi connectivity index (χ3n) is 1.61. The molecule has 0 unspecified atom stereocenters. The van der Waals surface area contributed by atoms with Gasteiger partial charge in [-0.05, 0) is 20.8 Å². The first-order valence-corrected chi connectivity index (χ1v) is 8.09. The van der Waals surface area contributed by atoms with E-state index in [0.29, 0.717) is 0 Å². The van der Waals surface area contributed by atoms with Gasteiger partial charge in [-0.3, -0.25) is 4.57 Å². The molecule has 0 rings (SSSR count). The van der Waals surface area contributed by atoms with Gasteiger partial charge in [0.2, 0.25) is 0 Å². The molecule has 0 saturated carbocycles. The molecule has 5 nitrogen and oxygen atoms in total. The maximum Gasteiger partial charge on any atom is 0.354 e. The van der Waals surface area contributed by atoms with Crippen LogP contribution < -0.4 is 0 Å². The van der Waals surface area contributed by atoms with E-state index in [4.69, 9.17) is 13.8 Å². The average molecular weight is 329 g/mol. The number of ether oxygens (including phenoxy) is 1. The Hall–Kier alpha value is -0.160. The molecular weight excluding hydrogens is 311 g/mol. The van der Waals surface area contributed by atoms with E-state index in [-0.39, 0.29) is 30.7 Å². The second kappa shape index (κ2) is 8.86. The van der Waals surface area contributed by atoms with Crippen LogP contribution in [0.3, 0.4) is 0 Å². The average Bonchev–Trinajstić information content (AvgIpc) is 2.27. The standard InChI is InChI=1S/C10H18BrO5P/c1-4-14-10(12)9(7-11)8-17(13,15-5-2)16-6-3/h8H,4-7H2,1-3H3. The number of carbonyl (C=O) groups is 1. The molecule has 0 aromatic heterocycles. The minimum absolute atomic E-state index is 0.232. The molecule has 0 aliphatic rings. The Balaban J connectivity index is 4.98. The molecular formula is C10H18BrO5P. The first-order chi connectivity index (χ1) is 8.02. The zero-order chi connectivity index (χ0) is 13.3. The highest BCUT2D eigenvalue weighted by molar-refractivity contribution is 9.09. The lowest BCUT2D eigenvalue weighted by atomic mass is 10.4. The summed E-state index contributed by atoms with van der Waals surface area (Å²) in [7, 11) is -3.36. The quantitative estimate of drug-likeness (QED) is 0.296. The first-order valence-electron chi connectivity index (χ1n) is 5.36. The summed E-state index contributed by atoms with van der Waals surface area (Å²) in [6.07, 6.45) is 0. The van der Waals surface area contributed by atoms with Crippen molar-refractivity contribution in [3.63, 3.8) is 0 Å². The molecule has 0 bridgehead atoms. The van der Waals surface area contributed by atoms with Crippen molar-refractivity contribution in [2.45, 2.75) is 20.8 Å². The van der Waals surface area contributed by atoms with Crippen molar-refractivity contribution in [3.8, 4) is 0 Å². The molecule has 0 heterocycles. The number of rotatable bonds is 8. The molecule has 0 radical (unpaired) electrons. The zero-order valence-corrected chi connectivity index (χ0v) is 12.8. The molecule has 0 saturated heterocycles. The third kappa shape index (κ3) is 6.36. The normalized spacial score (nSPS) is 12.6. The van der Waals surface area contributed by atoms with Gasteiger partial charge in [0.05, 0.1) is 25.4 Å². The van der Waals surface area contributed by atoms with Crippen molar-refractivity contribution >= 4 is 29.5 Å². The van der Waals surface area contributed by atoms with Crippen LogP contribution in [0.2, 0.25) is 0 Å². The van der Waals surface area contributed by atoms with Crippen LogP contribution in [0.1, 0.15) is 20.8 Å². The van der Waals surface area contributed by atoms with Crippen LogP contribution in [-0.2, 0) is 23.1 Å². The van der Waals surface area contributed by atoms with Crippen LogP contribution in [0, 0.1) is 0 Å². The number of esters is 1. The van der Waals surface area contributed by atoms with E-state index in [1.807, 2.05) is 0 Å². The monoisotopic (exact) mass is 328 g/mol. The number of hydrogen-bond donors (Lipinski definition) is 0. The molecule has 0 aromatic rings. The van der Waals surface area contributed by atoms with Gasteiger partial charge in [0.1, 0.15) is 0 Å². The molecule has 0 fully saturated rings. The Morgan fingerprint density at radius 3 is 2.06 bits per heavy atom. The van der Waals surface area contributed by atoms with Gasteiger partial charge in [0, 0.05) is 11.1 Å². The van der Waals surface area contributed by atoms with Gasteiger partial charge in [0.25, 0.3) is 0 Å². The second-order valence-electron chi connectivity index (χ2n) is 2.88. The van der Waals surface area contributed by atoms with Crippen molar-refractivity contribution in [1.82, 2.24) is 0 Å². The highest BCUT2D eigenvalue weighted by Crippen LogP contribution is 2.50. The van der Waals surface area contributed by atoms with Gasteiger partial charge in [-0.1, -0.05) is 15.9 Å². The molecule has 7 heteroatoms. The summed E-state index contributed by atoms with van der Waals surface area (Å²) < 4.78 is 27.1. The Morgan fingerprint density at radius 2 is 1.71 bits per heavy atom. The Labute approximate surface area is 110 Å². The second-order valence-corrected chi connectivity index (χ2v) is 5.30. The van der Waals surface area contributed by atoms with Crippen LogP contribution in [0.25, 0.3) is 0 Å².